The molecule has 5 nitrogen and oxygen atoms in total. The molecule has 0 aliphatic carbocycles. The fourth-order valence-electron chi connectivity index (χ4n) is 2.09. The Bertz CT molecular complexity index is 610. The van der Waals surface area contributed by atoms with Crippen LogP contribution in [0.3, 0.4) is 0 Å². The van der Waals surface area contributed by atoms with Crippen molar-refractivity contribution in [2.45, 2.75) is 13.0 Å². The maximum atomic E-state index is 12.3. The van der Waals surface area contributed by atoms with E-state index < -0.39 is 0 Å². The maximum absolute atomic E-state index is 12.3. The van der Waals surface area contributed by atoms with Crippen LogP contribution in [0.15, 0.2) is 48.7 Å². The monoisotopic (exact) mass is 298 g/mol. The van der Waals surface area contributed by atoms with Crippen LogP contribution in [-0.4, -0.2) is 25.0 Å². The van der Waals surface area contributed by atoms with Crippen LogP contribution in [0.4, 0.5) is 11.5 Å². The van der Waals surface area contributed by atoms with Crippen molar-refractivity contribution in [2.75, 3.05) is 24.3 Å². The van der Waals surface area contributed by atoms with Crippen molar-refractivity contribution in [3.63, 3.8) is 0 Å². The molecule has 22 heavy (non-hydrogen) atoms. The zero-order valence-corrected chi connectivity index (χ0v) is 13.2. The van der Waals surface area contributed by atoms with Crippen LogP contribution in [0, 0.1) is 5.92 Å². The number of nitrogens with zero attached hydrogens (tertiary/aromatic N) is 2. The van der Waals surface area contributed by atoms with Crippen molar-refractivity contribution >= 4 is 17.4 Å². The van der Waals surface area contributed by atoms with Gasteiger partial charge in [0.1, 0.15) is 5.82 Å². The van der Waals surface area contributed by atoms with E-state index in [1.165, 1.54) is 0 Å². The molecule has 0 aliphatic heterocycles. The molecule has 0 saturated carbocycles. The van der Waals surface area contributed by atoms with E-state index >= 15 is 0 Å². The highest BCUT2D eigenvalue weighted by molar-refractivity contribution is 5.92. The summed E-state index contributed by atoms with van der Waals surface area (Å²) in [6.07, 6.45) is 1.72. The highest BCUT2D eigenvalue weighted by Gasteiger charge is 2.22. The summed E-state index contributed by atoms with van der Waals surface area (Å²) in [6.45, 7) is 1.82. The first-order valence-corrected chi connectivity index (χ1v) is 7.24. The van der Waals surface area contributed by atoms with Gasteiger partial charge in [-0.2, -0.15) is 0 Å². The molecule has 2 aromatic rings. The Morgan fingerprint density at radius 3 is 2.41 bits per heavy atom. The number of rotatable bonds is 5. The molecule has 1 amide bonds. The van der Waals surface area contributed by atoms with Crippen LogP contribution in [-0.2, 0) is 4.79 Å². The molecule has 2 rings (SSSR count). The molecule has 5 heteroatoms. The molecule has 0 radical (unpaired) electrons. The topological polar surface area (TPSA) is 71.2 Å². The van der Waals surface area contributed by atoms with Gasteiger partial charge in [-0.15, -0.1) is 0 Å². The lowest BCUT2D eigenvalue weighted by atomic mass is 9.95. The molecular weight excluding hydrogens is 276 g/mol. The minimum Gasteiger partial charge on any atom is -0.376 e. The number of hydrogen-bond donors (Lipinski definition) is 2. The lowest BCUT2D eigenvalue weighted by Crippen LogP contribution is -2.30. The number of pyridine rings is 1. The standard InChI is InChI=1S/C17H22N4O/c1-12(16(18)13-7-5-4-6-8-13)17(22)20-15-10-9-14(11-19-15)21(2)3/h4-12,16H,18H2,1-3H3,(H,19,20,22). The van der Waals surface area contributed by atoms with Gasteiger partial charge in [-0.25, -0.2) is 4.98 Å². The average Bonchev–Trinajstić information content (AvgIpc) is 2.54. The largest absolute Gasteiger partial charge is 0.376 e. The Morgan fingerprint density at radius 2 is 1.86 bits per heavy atom. The molecule has 0 bridgehead atoms. The van der Waals surface area contributed by atoms with Gasteiger partial charge in [0.15, 0.2) is 0 Å². The fraction of sp³-hybridized carbons (Fsp3) is 0.294. The Balaban J connectivity index is 2.02. The number of amides is 1. The van der Waals surface area contributed by atoms with Gasteiger partial charge in [0.05, 0.1) is 17.8 Å². The SMILES string of the molecule is CC(C(=O)Nc1ccc(N(C)C)cn1)C(N)c1ccccc1. The van der Waals surface area contributed by atoms with E-state index in [0.717, 1.165) is 11.3 Å². The molecule has 0 saturated heterocycles. The smallest absolute Gasteiger partial charge is 0.230 e. The summed E-state index contributed by atoms with van der Waals surface area (Å²) in [5.74, 6) is 0.0434. The van der Waals surface area contributed by atoms with Crippen molar-refractivity contribution < 1.29 is 4.79 Å². The van der Waals surface area contributed by atoms with Crippen molar-refractivity contribution in [2.24, 2.45) is 11.7 Å². The van der Waals surface area contributed by atoms with Crippen molar-refractivity contribution in [1.29, 1.82) is 0 Å². The molecule has 2 unspecified atom stereocenters. The first-order valence-electron chi connectivity index (χ1n) is 7.24. The fourth-order valence-corrected chi connectivity index (χ4v) is 2.09. The Kier molecular flexibility index (Phi) is 5.12. The van der Waals surface area contributed by atoms with Gasteiger partial charge in [0.25, 0.3) is 0 Å². The number of anilines is 2. The highest BCUT2D eigenvalue weighted by atomic mass is 16.1. The maximum Gasteiger partial charge on any atom is 0.230 e. The summed E-state index contributed by atoms with van der Waals surface area (Å²) >= 11 is 0. The third-order valence-corrected chi connectivity index (χ3v) is 3.65. The molecule has 116 valence electrons. The number of nitrogens with two attached hydrogens (primary N) is 1. The van der Waals surface area contributed by atoms with Crippen LogP contribution in [0.25, 0.3) is 0 Å². The Hall–Kier alpha value is -2.40. The number of nitrogens with one attached hydrogen (secondary N) is 1. The molecule has 1 aromatic carbocycles. The van der Waals surface area contributed by atoms with Crippen LogP contribution in [0.5, 0.6) is 0 Å². The molecular formula is C17H22N4O. The molecule has 0 fully saturated rings. The van der Waals surface area contributed by atoms with Crippen molar-refractivity contribution in [3.8, 4) is 0 Å². The average molecular weight is 298 g/mol. The number of benzene rings is 1. The zero-order valence-electron chi connectivity index (χ0n) is 13.2. The number of aromatic nitrogens is 1. The van der Waals surface area contributed by atoms with Crippen molar-refractivity contribution in [1.82, 2.24) is 4.98 Å². The second-order valence-electron chi connectivity index (χ2n) is 5.51. The molecule has 1 heterocycles. The van der Waals surface area contributed by atoms with Gasteiger partial charge in [0.2, 0.25) is 5.91 Å². The summed E-state index contributed by atoms with van der Waals surface area (Å²) in [6, 6.07) is 13.0. The Morgan fingerprint density at radius 1 is 1.18 bits per heavy atom. The van der Waals surface area contributed by atoms with Crippen LogP contribution >= 0.6 is 0 Å². The predicted octanol–water partition coefficient (Wildman–Crippen LogP) is 2.42. The van der Waals surface area contributed by atoms with E-state index in [4.69, 9.17) is 5.73 Å². The number of carbonyl (C=O) groups is 1. The van der Waals surface area contributed by atoms with Gasteiger partial charge in [-0.05, 0) is 17.7 Å². The van der Waals surface area contributed by atoms with E-state index in [2.05, 4.69) is 10.3 Å². The van der Waals surface area contributed by atoms with Gasteiger partial charge < -0.3 is 16.0 Å². The lowest BCUT2D eigenvalue weighted by molar-refractivity contribution is -0.120. The second kappa shape index (κ2) is 7.04. The lowest BCUT2D eigenvalue weighted by Gasteiger charge is -2.19. The molecule has 2 atom stereocenters. The second-order valence-corrected chi connectivity index (χ2v) is 5.51. The molecule has 0 aliphatic rings. The van der Waals surface area contributed by atoms with Gasteiger partial charge in [0, 0.05) is 20.1 Å². The van der Waals surface area contributed by atoms with E-state index in [1.54, 1.807) is 12.3 Å². The van der Waals surface area contributed by atoms with Crippen LogP contribution < -0.4 is 16.0 Å². The summed E-state index contributed by atoms with van der Waals surface area (Å²) in [5, 5.41) is 2.81. The van der Waals surface area contributed by atoms with Crippen LogP contribution in [0.1, 0.15) is 18.5 Å². The minimum atomic E-state index is -0.349. The van der Waals surface area contributed by atoms with Gasteiger partial charge in [-0.1, -0.05) is 37.3 Å². The van der Waals surface area contributed by atoms with Crippen molar-refractivity contribution in [3.05, 3.63) is 54.2 Å². The summed E-state index contributed by atoms with van der Waals surface area (Å²) in [5.41, 5.74) is 8.09. The minimum absolute atomic E-state index is 0.138. The third-order valence-electron chi connectivity index (χ3n) is 3.65. The third kappa shape index (κ3) is 3.83. The van der Waals surface area contributed by atoms with Crippen LogP contribution in [0.2, 0.25) is 0 Å². The normalized spacial score (nSPS) is 13.3. The molecule has 0 spiro atoms. The zero-order chi connectivity index (χ0) is 16.1. The highest BCUT2D eigenvalue weighted by Crippen LogP contribution is 2.20. The predicted molar refractivity (Wildman–Crippen MR) is 89.7 cm³/mol. The number of hydrogen-bond acceptors (Lipinski definition) is 4. The van der Waals surface area contributed by atoms with E-state index in [9.17, 15) is 4.79 Å². The van der Waals surface area contributed by atoms with E-state index in [-0.39, 0.29) is 17.9 Å². The molecule has 1 aromatic heterocycles. The van der Waals surface area contributed by atoms with Gasteiger partial charge >= 0.3 is 0 Å². The molecule has 3 N–H and O–H groups in total. The first kappa shape index (κ1) is 16.0. The summed E-state index contributed by atoms with van der Waals surface area (Å²) in [7, 11) is 3.88. The first-order chi connectivity index (χ1) is 10.5. The van der Waals surface area contributed by atoms with E-state index in [0.29, 0.717) is 5.82 Å². The Labute approximate surface area is 131 Å². The summed E-state index contributed by atoms with van der Waals surface area (Å²) in [4.78, 5) is 18.5. The number of carbonyl (C=O) groups excluding carboxylic acids is 1. The summed E-state index contributed by atoms with van der Waals surface area (Å²) < 4.78 is 0. The van der Waals surface area contributed by atoms with E-state index in [1.807, 2.05) is 62.3 Å². The van der Waals surface area contributed by atoms with Gasteiger partial charge in [-0.3, -0.25) is 4.79 Å². The quantitative estimate of drug-likeness (QED) is 0.889.